The number of nitrogens with one attached hydrogen (secondary N) is 2. The molecule has 0 aliphatic heterocycles. The zero-order chi connectivity index (χ0) is 17.7. The Morgan fingerprint density at radius 3 is 2.88 bits per heavy atom. The van der Waals surface area contributed by atoms with Crippen molar-refractivity contribution in [2.75, 3.05) is 11.1 Å². The Balaban J connectivity index is 1.62. The van der Waals surface area contributed by atoms with Crippen LogP contribution in [0.4, 0.5) is 11.5 Å². The molecule has 1 aromatic carbocycles. The van der Waals surface area contributed by atoms with Crippen LogP contribution in [0.3, 0.4) is 0 Å². The summed E-state index contributed by atoms with van der Waals surface area (Å²) < 4.78 is 0. The van der Waals surface area contributed by atoms with Crippen molar-refractivity contribution in [2.24, 2.45) is 5.92 Å². The maximum atomic E-state index is 12.0. The molecule has 1 saturated carbocycles. The average molecular weight is 343 g/mol. The van der Waals surface area contributed by atoms with Gasteiger partial charge in [0.05, 0.1) is 0 Å². The van der Waals surface area contributed by atoms with E-state index in [0.29, 0.717) is 11.5 Å². The van der Waals surface area contributed by atoms with Crippen molar-refractivity contribution in [2.45, 2.75) is 12.8 Å². The summed E-state index contributed by atoms with van der Waals surface area (Å²) in [6.07, 6.45) is 7.30. The molecule has 1 fully saturated rings. The summed E-state index contributed by atoms with van der Waals surface area (Å²) in [5.74, 6) is 0.749. The lowest BCUT2D eigenvalue weighted by Crippen LogP contribution is -2.14. The molecule has 0 radical (unpaired) electrons. The SMILES string of the molecule is Nc1cc(-c2ccnc3[nH]ccc23)cc2cc(NC(=O)C3CC3)ncc12. The first kappa shape index (κ1) is 14.9. The molecular weight excluding hydrogens is 326 g/mol. The number of nitrogens with two attached hydrogens (primary N) is 1. The number of anilines is 2. The second-order valence-electron chi connectivity index (χ2n) is 6.72. The number of nitrogen functional groups attached to an aromatic ring is 1. The lowest BCUT2D eigenvalue weighted by Gasteiger charge is -2.10. The van der Waals surface area contributed by atoms with Gasteiger partial charge in [0.25, 0.3) is 0 Å². The molecule has 0 spiro atoms. The van der Waals surface area contributed by atoms with Crippen molar-refractivity contribution in [3.8, 4) is 11.1 Å². The molecule has 3 heterocycles. The topological polar surface area (TPSA) is 96.7 Å². The Kier molecular flexibility index (Phi) is 3.18. The van der Waals surface area contributed by atoms with Crippen molar-refractivity contribution >= 4 is 39.2 Å². The van der Waals surface area contributed by atoms with Gasteiger partial charge in [0.15, 0.2) is 0 Å². The van der Waals surface area contributed by atoms with E-state index in [-0.39, 0.29) is 11.8 Å². The number of fused-ring (bicyclic) bond motifs is 2. The number of benzene rings is 1. The first-order chi connectivity index (χ1) is 12.7. The number of aromatic nitrogens is 3. The van der Waals surface area contributed by atoms with Gasteiger partial charge in [0, 0.05) is 41.0 Å². The number of carbonyl (C=O) groups excluding carboxylic acids is 1. The zero-order valence-corrected chi connectivity index (χ0v) is 14.0. The lowest BCUT2D eigenvalue weighted by molar-refractivity contribution is -0.117. The van der Waals surface area contributed by atoms with Crippen molar-refractivity contribution in [3.63, 3.8) is 0 Å². The van der Waals surface area contributed by atoms with E-state index < -0.39 is 0 Å². The van der Waals surface area contributed by atoms with Crippen LogP contribution in [0.1, 0.15) is 12.8 Å². The van der Waals surface area contributed by atoms with Crippen LogP contribution >= 0.6 is 0 Å². The summed E-state index contributed by atoms with van der Waals surface area (Å²) in [7, 11) is 0. The molecule has 1 amide bonds. The molecule has 0 saturated heterocycles. The molecule has 6 nitrogen and oxygen atoms in total. The van der Waals surface area contributed by atoms with Gasteiger partial charge in [0.1, 0.15) is 11.5 Å². The number of nitrogens with zero attached hydrogens (tertiary/aromatic N) is 2. The van der Waals surface area contributed by atoms with Crippen LogP contribution in [0.5, 0.6) is 0 Å². The second-order valence-corrected chi connectivity index (χ2v) is 6.72. The van der Waals surface area contributed by atoms with Gasteiger partial charge < -0.3 is 16.0 Å². The minimum Gasteiger partial charge on any atom is -0.398 e. The van der Waals surface area contributed by atoms with E-state index in [2.05, 4.69) is 26.3 Å². The molecule has 5 rings (SSSR count). The van der Waals surface area contributed by atoms with E-state index in [9.17, 15) is 4.79 Å². The fourth-order valence-electron chi connectivity index (χ4n) is 3.30. The summed E-state index contributed by atoms with van der Waals surface area (Å²) in [6, 6.07) is 9.89. The largest absolute Gasteiger partial charge is 0.398 e. The highest BCUT2D eigenvalue weighted by atomic mass is 16.2. The molecule has 4 N–H and O–H groups in total. The van der Waals surface area contributed by atoms with Crippen LogP contribution in [0.15, 0.2) is 48.9 Å². The van der Waals surface area contributed by atoms with Crippen molar-refractivity contribution in [1.82, 2.24) is 15.0 Å². The van der Waals surface area contributed by atoms with Crippen LogP contribution in [0, 0.1) is 5.92 Å². The highest BCUT2D eigenvalue weighted by Gasteiger charge is 2.29. The van der Waals surface area contributed by atoms with Gasteiger partial charge >= 0.3 is 0 Å². The minimum atomic E-state index is 0.0455. The van der Waals surface area contributed by atoms with E-state index in [1.54, 1.807) is 12.4 Å². The fraction of sp³-hybridized carbons (Fsp3) is 0.150. The Morgan fingerprint density at radius 2 is 2.04 bits per heavy atom. The molecular formula is C20H17N5O. The van der Waals surface area contributed by atoms with Crippen LogP contribution in [-0.4, -0.2) is 20.9 Å². The predicted octanol–water partition coefficient (Wildman–Crippen LogP) is 3.71. The number of hydrogen-bond acceptors (Lipinski definition) is 4. The van der Waals surface area contributed by atoms with Gasteiger partial charge in [0.2, 0.25) is 5.91 Å². The van der Waals surface area contributed by atoms with E-state index in [4.69, 9.17) is 5.73 Å². The van der Waals surface area contributed by atoms with Crippen LogP contribution in [0.25, 0.3) is 32.9 Å². The van der Waals surface area contributed by atoms with Crippen LogP contribution in [-0.2, 0) is 4.79 Å². The molecule has 3 aromatic heterocycles. The maximum absolute atomic E-state index is 12.0. The van der Waals surface area contributed by atoms with E-state index >= 15 is 0 Å². The Morgan fingerprint density at radius 1 is 1.15 bits per heavy atom. The molecule has 26 heavy (non-hydrogen) atoms. The Bertz CT molecular complexity index is 1160. The molecule has 6 heteroatoms. The van der Waals surface area contributed by atoms with Gasteiger partial charge in [-0.15, -0.1) is 0 Å². The number of pyridine rings is 2. The number of rotatable bonds is 3. The summed E-state index contributed by atoms with van der Waals surface area (Å²) in [5.41, 5.74) is 9.84. The first-order valence-electron chi connectivity index (χ1n) is 8.62. The number of aromatic amines is 1. The second kappa shape index (κ2) is 5.56. The van der Waals surface area contributed by atoms with Crippen molar-refractivity contribution in [3.05, 3.63) is 48.9 Å². The third kappa shape index (κ3) is 2.47. The smallest absolute Gasteiger partial charge is 0.228 e. The summed E-state index contributed by atoms with van der Waals surface area (Å²) in [6.45, 7) is 0. The van der Waals surface area contributed by atoms with Gasteiger partial charge in [-0.05, 0) is 59.7 Å². The van der Waals surface area contributed by atoms with Gasteiger partial charge in [-0.1, -0.05) is 0 Å². The van der Waals surface area contributed by atoms with Gasteiger partial charge in [-0.3, -0.25) is 4.79 Å². The van der Waals surface area contributed by atoms with E-state index in [0.717, 1.165) is 45.8 Å². The van der Waals surface area contributed by atoms with Crippen LogP contribution < -0.4 is 11.1 Å². The highest BCUT2D eigenvalue weighted by molar-refractivity contribution is 6.02. The third-order valence-corrected chi connectivity index (χ3v) is 4.84. The molecule has 0 unspecified atom stereocenters. The van der Waals surface area contributed by atoms with Crippen LogP contribution in [0.2, 0.25) is 0 Å². The maximum Gasteiger partial charge on any atom is 0.228 e. The monoisotopic (exact) mass is 343 g/mol. The fourth-order valence-corrected chi connectivity index (χ4v) is 3.30. The number of hydrogen-bond donors (Lipinski definition) is 3. The predicted molar refractivity (Wildman–Crippen MR) is 103 cm³/mol. The zero-order valence-electron chi connectivity index (χ0n) is 14.0. The average Bonchev–Trinajstić information content (AvgIpc) is 3.38. The first-order valence-corrected chi connectivity index (χ1v) is 8.62. The number of H-pyrrole nitrogens is 1. The molecule has 1 aliphatic carbocycles. The Labute approximate surface area is 149 Å². The summed E-state index contributed by atoms with van der Waals surface area (Å²) in [5, 5.41) is 5.76. The standard InChI is InChI=1S/C20H17N5O/c21-17-8-12(14-3-5-22-19-15(14)4-6-23-19)7-13-9-18(24-10-16(13)17)25-20(26)11-1-2-11/h3-11H,1-2,21H2,(H,22,23)(H,24,25,26). The quantitative estimate of drug-likeness (QED) is 0.494. The lowest BCUT2D eigenvalue weighted by atomic mass is 9.99. The summed E-state index contributed by atoms with van der Waals surface area (Å²) in [4.78, 5) is 23.8. The molecule has 0 bridgehead atoms. The highest BCUT2D eigenvalue weighted by Crippen LogP contribution is 2.34. The Hall–Kier alpha value is -3.41. The van der Waals surface area contributed by atoms with Crippen molar-refractivity contribution in [1.29, 1.82) is 0 Å². The van der Waals surface area contributed by atoms with Gasteiger partial charge in [-0.25, -0.2) is 9.97 Å². The normalized spacial score (nSPS) is 14.0. The minimum absolute atomic E-state index is 0.0455. The number of carbonyl (C=O) groups is 1. The number of amides is 1. The van der Waals surface area contributed by atoms with E-state index in [1.807, 2.05) is 30.5 Å². The molecule has 128 valence electrons. The van der Waals surface area contributed by atoms with Crippen molar-refractivity contribution < 1.29 is 4.79 Å². The van der Waals surface area contributed by atoms with E-state index in [1.165, 1.54) is 0 Å². The molecule has 4 aromatic rings. The third-order valence-electron chi connectivity index (χ3n) is 4.84. The molecule has 1 aliphatic rings. The summed E-state index contributed by atoms with van der Waals surface area (Å²) >= 11 is 0. The molecule has 0 atom stereocenters. The van der Waals surface area contributed by atoms with Gasteiger partial charge in [-0.2, -0.15) is 0 Å².